The first kappa shape index (κ1) is 19.7. The van der Waals surface area contributed by atoms with Crippen LogP contribution in [0.4, 0.5) is 5.95 Å². The average Bonchev–Trinajstić information content (AvgIpc) is 3.16. The van der Waals surface area contributed by atoms with E-state index in [1.54, 1.807) is 0 Å². The average molecular weight is 417 g/mol. The molecule has 29 heavy (non-hydrogen) atoms. The zero-order valence-corrected chi connectivity index (χ0v) is 16.9. The van der Waals surface area contributed by atoms with Gasteiger partial charge in [0.2, 0.25) is 5.95 Å². The van der Waals surface area contributed by atoms with Gasteiger partial charge in [-0.2, -0.15) is 9.50 Å². The molecule has 0 amide bonds. The number of hydrogen-bond donors (Lipinski definition) is 2. The second-order valence-corrected chi connectivity index (χ2v) is 7.72. The normalized spacial score (nSPS) is 16.3. The molecule has 1 saturated heterocycles. The number of hydrogen-bond acceptors (Lipinski definition) is 7. The van der Waals surface area contributed by atoms with E-state index in [0.29, 0.717) is 5.69 Å². The molecule has 0 spiro atoms. The molecule has 2 aromatic heterocycles. The minimum Gasteiger partial charge on any atom is -0.267 e. The molecule has 1 unspecified atom stereocenters. The number of hydrazine groups is 1. The third-order valence-electron chi connectivity index (χ3n) is 4.74. The molecule has 2 N–H and O–H groups in total. The maximum Gasteiger partial charge on any atom is 0.274 e. The zero-order valence-electron chi connectivity index (χ0n) is 16.1. The third-order valence-corrected chi connectivity index (χ3v) is 5.42. The van der Waals surface area contributed by atoms with Crippen LogP contribution in [-0.4, -0.2) is 60.7 Å². The molecule has 0 radical (unpaired) electrons. The number of benzene rings is 1. The van der Waals surface area contributed by atoms with E-state index < -0.39 is 11.3 Å². The summed E-state index contributed by atoms with van der Waals surface area (Å²) in [5, 5.41) is 6.84. The van der Waals surface area contributed by atoms with E-state index in [1.807, 2.05) is 42.4 Å². The second-order valence-electron chi connectivity index (χ2n) is 6.81. The molecule has 1 aliphatic heterocycles. The summed E-state index contributed by atoms with van der Waals surface area (Å²) < 4.78 is 21.4. The van der Waals surface area contributed by atoms with Gasteiger partial charge in [-0.3, -0.25) is 18.8 Å². The highest BCUT2D eigenvalue weighted by Crippen LogP contribution is 2.15. The van der Waals surface area contributed by atoms with Crippen molar-refractivity contribution in [1.82, 2.24) is 29.6 Å². The molecule has 11 heteroatoms. The molecular weight excluding hydrogens is 394 g/mol. The summed E-state index contributed by atoms with van der Waals surface area (Å²) in [6, 6.07) is 10.8. The number of anilines is 1. The molecule has 3 heterocycles. The summed E-state index contributed by atoms with van der Waals surface area (Å²) in [5.74, 6) is 0.319. The maximum atomic E-state index is 12.4. The van der Waals surface area contributed by atoms with Crippen LogP contribution < -0.4 is 10.3 Å². The van der Waals surface area contributed by atoms with Crippen molar-refractivity contribution >= 4 is 23.0 Å². The molecule has 1 aromatic carbocycles. The van der Waals surface area contributed by atoms with E-state index in [0.717, 1.165) is 31.5 Å². The number of piperidine rings is 1. The van der Waals surface area contributed by atoms with Gasteiger partial charge in [-0.1, -0.05) is 36.8 Å². The van der Waals surface area contributed by atoms with Gasteiger partial charge < -0.3 is 0 Å². The van der Waals surface area contributed by atoms with Gasteiger partial charge in [0.05, 0.1) is 5.69 Å². The monoisotopic (exact) mass is 417 g/mol. The van der Waals surface area contributed by atoms with E-state index >= 15 is 0 Å². The standard InChI is InChI=1S/C18H23N7O3S/c1-23(24-10-6-3-7-11-24)13-28-29(27)22-17-20-18-19-15(12-16(26)25(18)21-17)14-8-4-2-5-9-14/h2,4-5,8-9,12H,3,6-7,10-11,13H2,1H3,(H2,19,20,21,22). The Bertz CT molecular complexity index is 1050. The van der Waals surface area contributed by atoms with Crippen molar-refractivity contribution in [3.05, 3.63) is 46.8 Å². The molecule has 154 valence electrons. The summed E-state index contributed by atoms with van der Waals surface area (Å²) in [6.45, 7) is 2.12. The van der Waals surface area contributed by atoms with Gasteiger partial charge in [0.1, 0.15) is 6.73 Å². The molecule has 0 bridgehead atoms. The molecule has 1 atom stereocenters. The molecule has 4 rings (SSSR count). The molecule has 3 aromatic rings. The smallest absolute Gasteiger partial charge is 0.267 e. The SMILES string of the molecule is CN(COS(=O)Nc1nc2nc(-c3ccccc3)cc(=O)n2[nH]1)N1CCCCC1. The quantitative estimate of drug-likeness (QED) is 0.559. The molecule has 1 fully saturated rings. The number of H-pyrrole nitrogens is 1. The first-order valence-electron chi connectivity index (χ1n) is 9.43. The van der Waals surface area contributed by atoms with Gasteiger partial charge in [-0.25, -0.2) is 19.2 Å². The van der Waals surface area contributed by atoms with Crippen LogP contribution in [0.1, 0.15) is 19.3 Å². The number of rotatable bonds is 7. The van der Waals surface area contributed by atoms with E-state index in [1.165, 1.54) is 17.0 Å². The highest BCUT2D eigenvalue weighted by atomic mass is 32.2. The minimum atomic E-state index is -1.83. The molecule has 0 aliphatic carbocycles. The lowest BCUT2D eigenvalue weighted by atomic mass is 10.1. The van der Waals surface area contributed by atoms with Crippen molar-refractivity contribution in [3.63, 3.8) is 0 Å². The fourth-order valence-corrected chi connectivity index (χ4v) is 3.77. The Hall–Kier alpha value is -2.60. The number of fused-ring (bicyclic) bond motifs is 1. The highest BCUT2D eigenvalue weighted by molar-refractivity contribution is 7.81. The maximum absolute atomic E-state index is 12.4. The van der Waals surface area contributed by atoms with Crippen LogP contribution in [0.5, 0.6) is 0 Å². The topological polar surface area (TPSA) is 108 Å². The fraction of sp³-hybridized carbons (Fsp3) is 0.389. The number of nitrogens with one attached hydrogen (secondary N) is 2. The molecule has 0 saturated carbocycles. The predicted octanol–water partition coefficient (Wildman–Crippen LogP) is 1.38. The Balaban J connectivity index is 1.42. The number of aromatic amines is 1. The minimum absolute atomic E-state index is 0.138. The van der Waals surface area contributed by atoms with Crippen molar-refractivity contribution in [1.29, 1.82) is 0 Å². The highest BCUT2D eigenvalue weighted by Gasteiger charge is 2.16. The number of nitrogens with zero attached hydrogens (tertiary/aromatic N) is 5. The van der Waals surface area contributed by atoms with Crippen LogP contribution in [-0.2, 0) is 15.4 Å². The zero-order chi connectivity index (χ0) is 20.2. The molecular formula is C18H23N7O3S. The number of aromatic nitrogens is 4. The van der Waals surface area contributed by atoms with Crippen molar-refractivity contribution in [2.24, 2.45) is 0 Å². The van der Waals surface area contributed by atoms with Gasteiger partial charge >= 0.3 is 0 Å². The fourth-order valence-electron chi connectivity index (χ4n) is 3.22. The van der Waals surface area contributed by atoms with E-state index in [9.17, 15) is 9.00 Å². The lowest BCUT2D eigenvalue weighted by molar-refractivity contribution is -0.0590. The first-order valence-corrected chi connectivity index (χ1v) is 10.5. The third kappa shape index (κ3) is 4.70. The van der Waals surface area contributed by atoms with Crippen molar-refractivity contribution in [3.8, 4) is 11.3 Å². The van der Waals surface area contributed by atoms with Crippen molar-refractivity contribution in [2.75, 3.05) is 31.6 Å². The lowest BCUT2D eigenvalue weighted by Crippen LogP contribution is -2.44. The van der Waals surface area contributed by atoms with Gasteiger partial charge in [-0.05, 0) is 12.8 Å². The van der Waals surface area contributed by atoms with Crippen molar-refractivity contribution < 1.29 is 8.39 Å². The van der Waals surface area contributed by atoms with Gasteiger partial charge in [0.25, 0.3) is 22.6 Å². The van der Waals surface area contributed by atoms with E-state index in [4.69, 9.17) is 4.18 Å². The summed E-state index contributed by atoms with van der Waals surface area (Å²) in [5.41, 5.74) is 1.03. The van der Waals surface area contributed by atoms with Gasteiger partial charge in [0.15, 0.2) is 0 Å². The Morgan fingerprint density at radius 3 is 2.72 bits per heavy atom. The first-order chi connectivity index (χ1) is 14.1. The summed E-state index contributed by atoms with van der Waals surface area (Å²) in [7, 11) is 1.90. The van der Waals surface area contributed by atoms with Gasteiger partial charge in [-0.15, -0.1) is 0 Å². The summed E-state index contributed by atoms with van der Waals surface area (Å²) in [6.07, 6.45) is 3.54. The summed E-state index contributed by atoms with van der Waals surface area (Å²) in [4.78, 5) is 21.0. The van der Waals surface area contributed by atoms with Crippen LogP contribution in [0, 0.1) is 0 Å². The van der Waals surface area contributed by atoms with Crippen LogP contribution in [0.15, 0.2) is 41.2 Å². The van der Waals surface area contributed by atoms with Crippen molar-refractivity contribution in [2.45, 2.75) is 19.3 Å². The van der Waals surface area contributed by atoms with Crippen LogP contribution in [0.25, 0.3) is 17.0 Å². The Labute approximate surface area is 170 Å². The van der Waals surface area contributed by atoms with E-state index in [2.05, 4.69) is 24.8 Å². The summed E-state index contributed by atoms with van der Waals surface area (Å²) >= 11 is -1.83. The molecule has 1 aliphatic rings. The Morgan fingerprint density at radius 2 is 1.97 bits per heavy atom. The van der Waals surface area contributed by atoms with Gasteiger partial charge in [0, 0.05) is 31.8 Å². The van der Waals surface area contributed by atoms with Crippen LogP contribution in [0.3, 0.4) is 0 Å². The molecule has 10 nitrogen and oxygen atoms in total. The Kier molecular flexibility index (Phi) is 6.00. The van der Waals surface area contributed by atoms with Crippen LogP contribution in [0.2, 0.25) is 0 Å². The Morgan fingerprint density at radius 1 is 1.21 bits per heavy atom. The van der Waals surface area contributed by atoms with Crippen LogP contribution >= 0.6 is 0 Å². The van der Waals surface area contributed by atoms with E-state index in [-0.39, 0.29) is 24.0 Å². The largest absolute Gasteiger partial charge is 0.274 e. The predicted molar refractivity (Wildman–Crippen MR) is 110 cm³/mol. The lowest BCUT2D eigenvalue weighted by Gasteiger charge is -2.33. The second kappa shape index (κ2) is 8.82.